The van der Waals surface area contributed by atoms with Crippen LogP contribution >= 0.6 is 0 Å². The van der Waals surface area contributed by atoms with Crippen LogP contribution in [0.15, 0.2) is 24.3 Å². The highest BCUT2D eigenvalue weighted by molar-refractivity contribution is 5.68. The van der Waals surface area contributed by atoms with Crippen molar-refractivity contribution < 1.29 is 13.9 Å². The SMILES string of the molecule is CC(C)(C)OC(=O)N1CCCC(Cc2ccc(F)cc2)[C@H]1CN1CCCCC1. The molecule has 0 saturated carbocycles. The van der Waals surface area contributed by atoms with E-state index >= 15 is 0 Å². The maximum atomic E-state index is 13.3. The van der Waals surface area contributed by atoms with E-state index in [1.165, 1.54) is 31.4 Å². The van der Waals surface area contributed by atoms with E-state index in [0.717, 1.165) is 51.0 Å². The van der Waals surface area contributed by atoms with Crippen molar-refractivity contribution in [3.63, 3.8) is 0 Å². The Morgan fingerprint density at radius 2 is 1.75 bits per heavy atom. The van der Waals surface area contributed by atoms with E-state index in [9.17, 15) is 9.18 Å². The second kappa shape index (κ2) is 9.25. The number of rotatable bonds is 4. The molecule has 1 amide bonds. The molecule has 0 aromatic heterocycles. The molecular formula is C23H35FN2O2. The van der Waals surface area contributed by atoms with Gasteiger partial charge in [-0.3, -0.25) is 0 Å². The summed E-state index contributed by atoms with van der Waals surface area (Å²) in [7, 11) is 0. The van der Waals surface area contributed by atoms with Gasteiger partial charge in [0.2, 0.25) is 0 Å². The van der Waals surface area contributed by atoms with Gasteiger partial charge in [0.05, 0.1) is 6.04 Å². The molecule has 1 unspecified atom stereocenters. The molecule has 4 nitrogen and oxygen atoms in total. The molecule has 0 N–H and O–H groups in total. The Morgan fingerprint density at radius 3 is 2.39 bits per heavy atom. The zero-order valence-corrected chi connectivity index (χ0v) is 17.6. The van der Waals surface area contributed by atoms with Crippen LogP contribution in [0.4, 0.5) is 9.18 Å². The van der Waals surface area contributed by atoms with Gasteiger partial charge in [0.15, 0.2) is 0 Å². The first kappa shape index (κ1) is 21.1. The zero-order chi connectivity index (χ0) is 20.1. The smallest absolute Gasteiger partial charge is 0.410 e. The molecule has 0 radical (unpaired) electrons. The van der Waals surface area contributed by atoms with E-state index in [0.29, 0.717) is 5.92 Å². The predicted octanol–water partition coefficient (Wildman–Crippen LogP) is 4.87. The Hall–Kier alpha value is -1.62. The van der Waals surface area contributed by atoms with Crippen LogP contribution in [0.1, 0.15) is 58.4 Å². The van der Waals surface area contributed by atoms with Crippen LogP contribution in [0.25, 0.3) is 0 Å². The lowest BCUT2D eigenvalue weighted by Crippen LogP contribution is -2.55. The van der Waals surface area contributed by atoms with Crippen molar-refractivity contribution in [3.05, 3.63) is 35.6 Å². The Labute approximate surface area is 169 Å². The van der Waals surface area contributed by atoms with E-state index in [2.05, 4.69) is 4.90 Å². The molecule has 2 saturated heterocycles. The van der Waals surface area contributed by atoms with E-state index in [1.54, 1.807) is 0 Å². The molecule has 0 spiro atoms. The Morgan fingerprint density at radius 1 is 1.07 bits per heavy atom. The van der Waals surface area contributed by atoms with Crippen LogP contribution in [0.5, 0.6) is 0 Å². The molecule has 2 aliphatic rings. The van der Waals surface area contributed by atoms with Crippen molar-refractivity contribution in [2.45, 2.75) is 70.9 Å². The number of carbonyl (C=O) groups excluding carboxylic acids is 1. The molecule has 2 fully saturated rings. The molecule has 2 heterocycles. The first-order valence-corrected chi connectivity index (χ1v) is 10.8. The van der Waals surface area contributed by atoms with Gasteiger partial charge in [0, 0.05) is 13.1 Å². The molecule has 3 rings (SSSR count). The van der Waals surface area contributed by atoms with Crippen LogP contribution in [0.3, 0.4) is 0 Å². The molecule has 28 heavy (non-hydrogen) atoms. The molecule has 5 heteroatoms. The van der Waals surface area contributed by atoms with Crippen molar-refractivity contribution in [1.82, 2.24) is 9.80 Å². The zero-order valence-electron chi connectivity index (χ0n) is 17.6. The van der Waals surface area contributed by atoms with Crippen LogP contribution in [0.2, 0.25) is 0 Å². The number of ether oxygens (including phenoxy) is 1. The highest BCUT2D eigenvalue weighted by Crippen LogP contribution is 2.30. The lowest BCUT2D eigenvalue weighted by Gasteiger charge is -2.44. The van der Waals surface area contributed by atoms with E-state index < -0.39 is 5.60 Å². The summed E-state index contributed by atoms with van der Waals surface area (Å²) in [5.41, 5.74) is 0.650. The van der Waals surface area contributed by atoms with Crippen molar-refractivity contribution in [1.29, 1.82) is 0 Å². The van der Waals surface area contributed by atoms with Gasteiger partial charge in [-0.05, 0) is 89.6 Å². The summed E-state index contributed by atoms with van der Waals surface area (Å²) in [6.45, 7) is 9.65. The van der Waals surface area contributed by atoms with E-state index in [1.807, 2.05) is 37.8 Å². The van der Waals surface area contributed by atoms with Gasteiger partial charge in [-0.25, -0.2) is 9.18 Å². The number of hydrogen-bond donors (Lipinski definition) is 0. The first-order valence-electron chi connectivity index (χ1n) is 10.8. The van der Waals surface area contributed by atoms with Crippen molar-refractivity contribution in [2.24, 2.45) is 5.92 Å². The summed E-state index contributed by atoms with van der Waals surface area (Å²) in [6.07, 6.45) is 6.53. The Bertz CT molecular complexity index is 635. The van der Waals surface area contributed by atoms with Gasteiger partial charge >= 0.3 is 6.09 Å². The number of benzene rings is 1. The van der Waals surface area contributed by atoms with Gasteiger partial charge in [0.25, 0.3) is 0 Å². The summed E-state index contributed by atoms with van der Waals surface area (Å²) in [6, 6.07) is 6.96. The molecule has 156 valence electrons. The largest absolute Gasteiger partial charge is 0.444 e. The number of likely N-dealkylation sites (tertiary alicyclic amines) is 2. The standard InChI is InChI=1S/C23H35FN2O2/c1-23(2,3)28-22(27)26-15-7-8-19(16-18-9-11-20(24)12-10-18)21(26)17-25-13-5-4-6-14-25/h9-12,19,21H,4-8,13-17H2,1-3H3/t19?,21-/m1/s1. The third kappa shape index (κ3) is 5.94. The maximum absolute atomic E-state index is 13.3. The number of hydrogen-bond acceptors (Lipinski definition) is 3. The number of amides is 1. The van der Waals surface area contributed by atoms with E-state index in [4.69, 9.17) is 4.74 Å². The average molecular weight is 391 g/mol. The second-order valence-electron chi connectivity index (χ2n) is 9.34. The third-order valence-corrected chi connectivity index (χ3v) is 5.85. The van der Waals surface area contributed by atoms with Gasteiger partial charge in [-0.1, -0.05) is 18.6 Å². The number of carbonyl (C=O) groups is 1. The Balaban J connectivity index is 1.76. The van der Waals surface area contributed by atoms with Crippen LogP contribution in [0, 0.1) is 11.7 Å². The number of nitrogens with zero attached hydrogens (tertiary/aromatic N) is 2. The minimum atomic E-state index is -0.489. The Kier molecular flexibility index (Phi) is 6.97. The maximum Gasteiger partial charge on any atom is 0.410 e. The lowest BCUT2D eigenvalue weighted by molar-refractivity contribution is -0.00772. The van der Waals surface area contributed by atoms with Crippen LogP contribution in [-0.2, 0) is 11.2 Å². The lowest BCUT2D eigenvalue weighted by atomic mass is 9.83. The summed E-state index contributed by atoms with van der Waals surface area (Å²) < 4.78 is 19.0. The molecule has 2 aliphatic heterocycles. The van der Waals surface area contributed by atoms with Gasteiger partial charge in [0.1, 0.15) is 11.4 Å². The number of piperidine rings is 2. The molecule has 0 bridgehead atoms. The molecule has 1 aromatic rings. The van der Waals surface area contributed by atoms with Gasteiger partial charge < -0.3 is 14.5 Å². The third-order valence-electron chi connectivity index (χ3n) is 5.85. The van der Waals surface area contributed by atoms with E-state index in [-0.39, 0.29) is 18.0 Å². The van der Waals surface area contributed by atoms with Gasteiger partial charge in [-0.2, -0.15) is 0 Å². The fraction of sp³-hybridized carbons (Fsp3) is 0.696. The minimum absolute atomic E-state index is 0.145. The highest BCUT2D eigenvalue weighted by Gasteiger charge is 2.37. The normalized spacial score (nSPS) is 24.2. The topological polar surface area (TPSA) is 32.8 Å². The molecular weight excluding hydrogens is 355 g/mol. The van der Waals surface area contributed by atoms with Gasteiger partial charge in [-0.15, -0.1) is 0 Å². The fourth-order valence-corrected chi connectivity index (χ4v) is 4.50. The minimum Gasteiger partial charge on any atom is -0.444 e. The number of halogens is 1. The van der Waals surface area contributed by atoms with Crippen molar-refractivity contribution in [3.8, 4) is 0 Å². The van der Waals surface area contributed by atoms with Crippen LogP contribution < -0.4 is 0 Å². The quantitative estimate of drug-likeness (QED) is 0.735. The summed E-state index contributed by atoms with van der Waals surface area (Å²) >= 11 is 0. The summed E-state index contributed by atoms with van der Waals surface area (Å²) in [4.78, 5) is 17.4. The summed E-state index contributed by atoms with van der Waals surface area (Å²) in [5.74, 6) is 0.168. The van der Waals surface area contributed by atoms with Crippen LogP contribution in [-0.4, -0.2) is 53.7 Å². The van der Waals surface area contributed by atoms with Crippen molar-refractivity contribution in [2.75, 3.05) is 26.2 Å². The monoisotopic (exact) mass is 390 g/mol. The average Bonchev–Trinajstić information content (AvgIpc) is 2.64. The first-order chi connectivity index (χ1) is 13.3. The fourth-order valence-electron chi connectivity index (χ4n) is 4.50. The molecule has 2 atom stereocenters. The highest BCUT2D eigenvalue weighted by atomic mass is 19.1. The molecule has 0 aliphatic carbocycles. The van der Waals surface area contributed by atoms with Crippen molar-refractivity contribution >= 4 is 6.09 Å². The summed E-state index contributed by atoms with van der Waals surface area (Å²) in [5, 5.41) is 0. The second-order valence-corrected chi connectivity index (χ2v) is 9.34. The molecule has 1 aromatic carbocycles. The predicted molar refractivity (Wildman–Crippen MR) is 110 cm³/mol.